The third kappa shape index (κ3) is 5.36. The van der Waals surface area contributed by atoms with E-state index in [2.05, 4.69) is 27.8 Å². The number of halogens is 1. The van der Waals surface area contributed by atoms with Crippen molar-refractivity contribution in [3.8, 4) is 0 Å². The van der Waals surface area contributed by atoms with Gasteiger partial charge in [-0.2, -0.15) is 0 Å². The molecule has 1 fully saturated rings. The Morgan fingerprint density at radius 2 is 2.12 bits per heavy atom. The van der Waals surface area contributed by atoms with E-state index < -0.39 is 0 Å². The average Bonchev–Trinajstić information content (AvgIpc) is 2.62. The van der Waals surface area contributed by atoms with E-state index in [1.807, 2.05) is 12.1 Å². The lowest BCUT2D eigenvalue weighted by Gasteiger charge is -2.38. The first-order chi connectivity index (χ1) is 11.7. The van der Waals surface area contributed by atoms with Crippen LogP contribution in [0.5, 0.6) is 0 Å². The van der Waals surface area contributed by atoms with Crippen LogP contribution in [0.1, 0.15) is 24.8 Å². The zero-order chi connectivity index (χ0) is 17.3. The van der Waals surface area contributed by atoms with Gasteiger partial charge in [-0.15, -0.1) is 0 Å². The fourth-order valence-electron chi connectivity index (χ4n) is 3.04. The summed E-state index contributed by atoms with van der Waals surface area (Å²) in [6.45, 7) is 3.93. The van der Waals surface area contributed by atoms with E-state index in [9.17, 15) is 0 Å². The normalized spacial score (nSPS) is 17.5. The molecule has 0 bridgehead atoms. The van der Waals surface area contributed by atoms with Gasteiger partial charge in [0.2, 0.25) is 0 Å². The predicted octanol–water partition coefficient (Wildman–Crippen LogP) is 2.59. The fourth-order valence-corrected chi connectivity index (χ4v) is 3.24. The molecule has 0 amide bonds. The number of methoxy groups -OCH3 is 1. The molecule has 1 aromatic rings. The molecule has 134 valence electrons. The molecular formula is C18H28ClN3O2. The van der Waals surface area contributed by atoms with Crippen molar-refractivity contribution in [1.82, 2.24) is 10.6 Å². The Morgan fingerprint density at radius 3 is 2.79 bits per heavy atom. The van der Waals surface area contributed by atoms with Crippen molar-refractivity contribution < 1.29 is 9.47 Å². The van der Waals surface area contributed by atoms with Crippen LogP contribution in [-0.4, -0.2) is 53.0 Å². The zero-order valence-corrected chi connectivity index (χ0v) is 15.4. The zero-order valence-electron chi connectivity index (χ0n) is 14.6. The molecule has 0 aromatic heterocycles. The first-order valence-electron chi connectivity index (χ1n) is 8.47. The van der Waals surface area contributed by atoms with Crippen LogP contribution in [0.25, 0.3) is 0 Å². The van der Waals surface area contributed by atoms with Crippen LogP contribution in [0.4, 0.5) is 0 Å². The molecular weight excluding hydrogens is 326 g/mol. The molecule has 1 aliphatic heterocycles. The van der Waals surface area contributed by atoms with Gasteiger partial charge in [0.1, 0.15) is 0 Å². The quantitative estimate of drug-likeness (QED) is 0.449. The fraction of sp³-hybridized carbons (Fsp3) is 0.611. The standard InChI is InChI=1S/C18H28ClN3O2/c1-20-17(21-9-4-10-23-2)22-14-18(7-11-24-12-8-18)15-5-3-6-16(19)13-15/h3,5-6,13H,4,7-12,14H2,1-2H3,(H2,20,21,22). The highest BCUT2D eigenvalue weighted by molar-refractivity contribution is 6.30. The van der Waals surface area contributed by atoms with Gasteiger partial charge in [-0.1, -0.05) is 23.7 Å². The molecule has 2 N–H and O–H groups in total. The predicted molar refractivity (Wildman–Crippen MR) is 99.0 cm³/mol. The number of aliphatic imine (C=N–C) groups is 1. The molecule has 0 radical (unpaired) electrons. The highest BCUT2D eigenvalue weighted by Crippen LogP contribution is 2.35. The third-order valence-electron chi connectivity index (χ3n) is 4.52. The van der Waals surface area contributed by atoms with Gasteiger partial charge in [0.15, 0.2) is 5.96 Å². The Bertz CT molecular complexity index is 531. The van der Waals surface area contributed by atoms with Crippen molar-refractivity contribution in [2.75, 3.05) is 47.1 Å². The Kier molecular flexibility index (Phi) is 7.82. The van der Waals surface area contributed by atoms with E-state index in [1.165, 1.54) is 5.56 Å². The maximum absolute atomic E-state index is 6.21. The Balaban J connectivity index is 2.01. The average molecular weight is 354 g/mol. The largest absolute Gasteiger partial charge is 0.385 e. The summed E-state index contributed by atoms with van der Waals surface area (Å²) >= 11 is 6.21. The summed E-state index contributed by atoms with van der Waals surface area (Å²) in [7, 11) is 3.51. The van der Waals surface area contributed by atoms with Crippen LogP contribution < -0.4 is 10.6 Å². The number of hydrogen-bond donors (Lipinski definition) is 2. The summed E-state index contributed by atoms with van der Waals surface area (Å²) in [5.74, 6) is 0.819. The van der Waals surface area contributed by atoms with E-state index in [4.69, 9.17) is 21.1 Å². The van der Waals surface area contributed by atoms with Crippen molar-refractivity contribution in [2.24, 2.45) is 4.99 Å². The van der Waals surface area contributed by atoms with Gasteiger partial charge < -0.3 is 20.1 Å². The number of nitrogens with zero attached hydrogens (tertiary/aromatic N) is 1. The summed E-state index contributed by atoms with van der Waals surface area (Å²) in [4.78, 5) is 4.31. The second kappa shape index (κ2) is 9.87. The Labute approximate surface area is 149 Å². The number of rotatable bonds is 7. The molecule has 5 nitrogen and oxygen atoms in total. The Morgan fingerprint density at radius 1 is 1.33 bits per heavy atom. The molecule has 0 spiro atoms. The highest BCUT2D eigenvalue weighted by atomic mass is 35.5. The van der Waals surface area contributed by atoms with E-state index >= 15 is 0 Å². The second-order valence-corrected chi connectivity index (χ2v) is 6.54. The smallest absolute Gasteiger partial charge is 0.191 e. The first-order valence-corrected chi connectivity index (χ1v) is 8.85. The van der Waals surface area contributed by atoms with Crippen LogP contribution in [0, 0.1) is 0 Å². The number of ether oxygens (including phenoxy) is 2. The minimum atomic E-state index is 0.0211. The van der Waals surface area contributed by atoms with Crippen LogP contribution in [0.15, 0.2) is 29.3 Å². The highest BCUT2D eigenvalue weighted by Gasteiger charge is 2.34. The molecule has 6 heteroatoms. The second-order valence-electron chi connectivity index (χ2n) is 6.10. The lowest BCUT2D eigenvalue weighted by atomic mass is 9.74. The molecule has 0 atom stereocenters. The van der Waals surface area contributed by atoms with Crippen LogP contribution in [-0.2, 0) is 14.9 Å². The SMILES string of the molecule is CN=C(NCCCOC)NCC1(c2cccc(Cl)c2)CCOCC1. The van der Waals surface area contributed by atoms with Gasteiger partial charge >= 0.3 is 0 Å². The van der Waals surface area contributed by atoms with E-state index in [0.717, 1.165) is 63.2 Å². The number of nitrogens with one attached hydrogen (secondary N) is 2. The van der Waals surface area contributed by atoms with Gasteiger partial charge in [-0.25, -0.2) is 0 Å². The van der Waals surface area contributed by atoms with Gasteiger partial charge in [-0.05, 0) is 37.0 Å². The topological polar surface area (TPSA) is 54.9 Å². The minimum absolute atomic E-state index is 0.0211. The molecule has 24 heavy (non-hydrogen) atoms. The van der Waals surface area contributed by atoms with Gasteiger partial charge in [0.25, 0.3) is 0 Å². The summed E-state index contributed by atoms with van der Waals surface area (Å²) < 4.78 is 10.7. The minimum Gasteiger partial charge on any atom is -0.385 e. The van der Waals surface area contributed by atoms with Crippen molar-refractivity contribution in [1.29, 1.82) is 0 Å². The van der Waals surface area contributed by atoms with Gasteiger partial charge in [0.05, 0.1) is 0 Å². The number of benzene rings is 1. The maximum atomic E-state index is 6.21. The number of hydrogen-bond acceptors (Lipinski definition) is 3. The van der Waals surface area contributed by atoms with E-state index in [1.54, 1.807) is 14.2 Å². The van der Waals surface area contributed by atoms with Crippen molar-refractivity contribution >= 4 is 17.6 Å². The van der Waals surface area contributed by atoms with E-state index in [0.29, 0.717) is 0 Å². The Hall–Kier alpha value is -1.30. The van der Waals surface area contributed by atoms with Gasteiger partial charge in [-0.3, -0.25) is 4.99 Å². The van der Waals surface area contributed by atoms with Crippen LogP contribution in [0.3, 0.4) is 0 Å². The van der Waals surface area contributed by atoms with Gasteiger partial charge in [0, 0.05) is 57.5 Å². The molecule has 1 aromatic carbocycles. The van der Waals surface area contributed by atoms with Crippen molar-refractivity contribution in [3.05, 3.63) is 34.9 Å². The molecule has 1 saturated heterocycles. The lowest BCUT2D eigenvalue weighted by Crippen LogP contribution is -2.48. The van der Waals surface area contributed by atoms with Crippen molar-refractivity contribution in [2.45, 2.75) is 24.7 Å². The van der Waals surface area contributed by atoms with Crippen LogP contribution >= 0.6 is 11.6 Å². The lowest BCUT2D eigenvalue weighted by molar-refractivity contribution is 0.0514. The van der Waals surface area contributed by atoms with Crippen LogP contribution in [0.2, 0.25) is 5.02 Å². The molecule has 1 aliphatic rings. The maximum Gasteiger partial charge on any atom is 0.191 e. The molecule has 1 heterocycles. The molecule has 2 rings (SSSR count). The number of guanidine groups is 1. The van der Waals surface area contributed by atoms with E-state index in [-0.39, 0.29) is 5.41 Å². The molecule has 0 unspecified atom stereocenters. The molecule has 0 saturated carbocycles. The monoisotopic (exact) mass is 353 g/mol. The third-order valence-corrected chi connectivity index (χ3v) is 4.76. The summed E-state index contributed by atoms with van der Waals surface area (Å²) in [6.07, 6.45) is 2.90. The molecule has 0 aliphatic carbocycles. The summed E-state index contributed by atoms with van der Waals surface area (Å²) in [6, 6.07) is 8.17. The first kappa shape index (κ1) is 19.0. The van der Waals surface area contributed by atoms with Crippen molar-refractivity contribution in [3.63, 3.8) is 0 Å². The summed E-state index contributed by atoms with van der Waals surface area (Å²) in [5, 5.41) is 7.58. The summed E-state index contributed by atoms with van der Waals surface area (Å²) in [5.41, 5.74) is 1.29.